The maximum absolute atomic E-state index is 4.79. The van der Waals surface area contributed by atoms with E-state index in [0.29, 0.717) is 6.42 Å². The summed E-state index contributed by atoms with van der Waals surface area (Å²) in [6.07, 6.45) is 2.58. The van der Waals surface area contributed by atoms with Crippen LogP contribution in [-0.2, 0) is 6.42 Å². The molecular weight excluding hydrogens is 368 g/mol. The van der Waals surface area contributed by atoms with Gasteiger partial charge in [0, 0.05) is 6.42 Å². The van der Waals surface area contributed by atoms with Crippen molar-refractivity contribution in [3.8, 4) is 16.3 Å². The van der Waals surface area contributed by atoms with Gasteiger partial charge in [-0.1, -0.05) is 53.8 Å². The van der Waals surface area contributed by atoms with Gasteiger partial charge in [-0.05, 0) is 37.1 Å². The van der Waals surface area contributed by atoms with Gasteiger partial charge in [-0.15, -0.1) is 10.2 Å². The average Bonchev–Trinajstić information content (AvgIpc) is 3.39. The first-order chi connectivity index (χ1) is 13.7. The topological polar surface area (TPSA) is 60.9 Å². The van der Waals surface area contributed by atoms with Crippen molar-refractivity contribution >= 4 is 16.3 Å². The molecule has 0 spiro atoms. The van der Waals surface area contributed by atoms with Crippen LogP contribution in [0.3, 0.4) is 0 Å². The molecule has 0 aliphatic rings. The molecule has 6 nitrogen and oxygen atoms in total. The highest BCUT2D eigenvalue weighted by Crippen LogP contribution is 2.29. The lowest BCUT2D eigenvalue weighted by Gasteiger charge is -2.04. The Hall–Kier alpha value is -3.32. The van der Waals surface area contributed by atoms with Crippen LogP contribution in [0.2, 0.25) is 0 Å². The van der Waals surface area contributed by atoms with Crippen LogP contribution >= 0.6 is 11.3 Å². The minimum absolute atomic E-state index is 0.708. The van der Waals surface area contributed by atoms with Crippen LogP contribution in [-0.4, -0.2) is 29.6 Å². The van der Waals surface area contributed by atoms with E-state index in [0.717, 1.165) is 32.7 Å². The van der Waals surface area contributed by atoms with E-state index in [2.05, 4.69) is 41.3 Å². The molecule has 2 aromatic carbocycles. The van der Waals surface area contributed by atoms with E-state index < -0.39 is 0 Å². The lowest BCUT2D eigenvalue weighted by molar-refractivity contribution is 0.844. The molecule has 0 bridgehead atoms. The Morgan fingerprint density at radius 3 is 2.54 bits per heavy atom. The molecule has 0 radical (unpaired) electrons. The van der Waals surface area contributed by atoms with E-state index in [1.54, 1.807) is 0 Å². The standard InChI is InChI=1S/C21H18N6S/c1-14-8-6-7-9-16(14)12-19-23-24-21-27(19)25-20(28-21)18-13-22-26(15(18)2)17-10-4-3-5-11-17/h3-11,13H,12H2,1-2H3. The number of hydrogen-bond acceptors (Lipinski definition) is 5. The Morgan fingerprint density at radius 2 is 1.71 bits per heavy atom. The number of fused-ring (bicyclic) bond motifs is 1. The maximum atomic E-state index is 4.79. The Bertz CT molecular complexity index is 1260. The first kappa shape index (κ1) is 16.8. The van der Waals surface area contributed by atoms with Gasteiger partial charge in [-0.3, -0.25) is 0 Å². The number of rotatable bonds is 4. The Balaban J connectivity index is 1.53. The molecule has 0 unspecified atom stereocenters. The number of aryl methyl sites for hydroxylation is 1. The molecule has 0 saturated carbocycles. The molecule has 3 heterocycles. The number of hydrogen-bond donors (Lipinski definition) is 0. The summed E-state index contributed by atoms with van der Waals surface area (Å²) in [6, 6.07) is 18.4. The summed E-state index contributed by atoms with van der Waals surface area (Å²) in [7, 11) is 0. The monoisotopic (exact) mass is 386 g/mol. The predicted octanol–water partition coefficient (Wildman–Crippen LogP) is 4.25. The van der Waals surface area contributed by atoms with Gasteiger partial charge >= 0.3 is 0 Å². The fourth-order valence-electron chi connectivity index (χ4n) is 3.30. The van der Waals surface area contributed by atoms with Crippen molar-refractivity contribution in [2.45, 2.75) is 20.3 Å². The quantitative estimate of drug-likeness (QED) is 0.463. The van der Waals surface area contributed by atoms with E-state index in [9.17, 15) is 0 Å². The first-order valence-electron chi connectivity index (χ1n) is 9.07. The van der Waals surface area contributed by atoms with Gasteiger partial charge in [-0.25, -0.2) is 4.68 Å². The van der Waals surface area contributed by atoms with Crippen LogP contribution in [0.1, 0.15) is 22.6 Å². The molecule has 0 saturated heterocycles. The maximum Gasteiger partial charge on any atom is 0.234 e. The van der Waals surface area contributed by atoms with Crippen LogP contribution in [0, 0.1) is 13.8 Å². The molecular formula is C21H18N6S. The fourth-order valence-corrected chi connectivity index (χ4v) is 4.22. The zero-order valence-electron chi connectivity index (χ0n) is 15.6. The van der Waals surface area contributed by atoms with Crippen LogP contribution in [0.25, 0.3) is 21.2 Å². The second kappa shape index (κ2) is 6.69. The molecule has 0 aliphatic carbocycles. The smallest absolute Gasteiger partial charge is 0.234 e. The van der Waals surface area contributed by atoms with Gasteiger partial charge in [0.1, 0.15) is 0 Å². The molecule has 3 aromatic heterocycles. The van der Waals surface area contributed by atoms with E-state index in [1.807, 2.05) is 57.9 Å². The summed E-state index contributed by atoms with van der Waals surface area (Å²) in [5, 5.41) is 18.9. The summed E-state index contributed by atoms with van der Waals surface area (Å²) in [6.45, 7) is 4.17. The van der Waals surface area contributed by atoms with Gasteiger partial charge in [0.15, 0.2) is 10.8 Å². The molecule has 138 valence electrons. The van der Waals surface area contributed by atoms with E-state index >= 15 is 0 Å². The van der Waals surface area contributed by atoms with E-state index in [-0.39, 0.29) is 0 Å². The lowest BCUT2D eigenvalue weighted by Crippen LogP contribution is -2.00. The molecule has 0 fully saturated rings. The third kappa shape index (κ3) is 2.80. The van der Waals surface area contributed by atoms with Gasteiger partial charge in [0.05, 0.1) is 23.1 Å². The van der Waals surface area contributed by atoms with Gasteiger partial charge in [0.2, 0.25) is 4.96 Å². The van der Waals surface area contributed by atoms with Gasteiger partial charge in [-0.2, -0.15) is 14.7 Å². The largest absolute Gasteiger partial charge is 0.237 e. The number of para-hydroxylation sites is 1. The van der Waals surface area contributed by atoms with E-state index in [1.165, 1.54) is 22.5 Å². The third-order valence-corrected chi connectivity index (χ3v) is 5.84. The van der Waals surface area contributed by atoms with Crippen LogP contribution < -0.4 is 0 Å². The minimum Gasteiger partial charge on any atom is -0.237 e. The summed E-state index contributed by atoms with van der Waals surface area (Å²) in [5.41, 5.74) is 5.58. The number of nitrogens with zero attached hydrogens (tertiary/aromatic N) is 6. The second-order valence-corrected chi connectivity index (χ2v) is 7.67. The van der Waals surface area contributed by atoms with Crippen LogP contribution in [0.5, 0.6) is 0 Å². The first-order valence-corrected chi connectivity index (χ1v) is 9.88. The normalized spacial score (nSPS) is 11.4. The summed E-state index contributed by atoms with van der Waals surface area (Å²) < 4.78 is 3.79. The van der Waals surface area contributed by atoms with Crippen molar-refractivity contribution in [2.24, 2.45) is 0 Å². The summed E-state index contributed by atoms with van der Waals surface area (Å²) in [4.78, 5) is 0.797. The molecule has 7 heteroatoms. The highest BCUT2D eigenvalue weighted by molar-refractivity contribution is 7.19. The molecule has 5 rings (SSSR count). The van der Waals surface area contributed by atoms with Crippen LogP contribution in [0.15, 0.2) is 60.8 Å². The molecule has 0 atom stereocenters. The SMILES string of the molecule is Cc1ccccc1Cc1nnc2sc(-c3cnn(-c4ccccc4)c3C)nn12. The van der Waals surface area contributed by atoms with Crippen molar-refractivity contribution in [3.63, 3.8) is 0 Å². The van der Waals surface area contributed by atoms with Crippen molar-refractivity contribution in [1.29, 1.82) is 0 Å². The molecule has 5 aromatic rings. The van der Waals surface area contributed by atoms with Crippen molar-refractivity contribution < 1.29 is 0 Å². The average molecular weight is 386 g/mol. The third-order valence-electron chi connectivity index (χ3n) is 4.91. The van der Waals surface area contributed by atoms with Gasteiger partial charge < -0.3 is 0 Å². The molecule has 0 amide bonds. The molecule has 0 aliphatic heterocycles. The van der Waals surface area contributed by atoms with Crippen LogP contribution in [0.4, 0.5) is 0 Å². The predicted molar refractivity (Wildman–Crippen MR) is 110 cm³/mol. The van der Waals surface area contributed by atoms with Crippen molar-refractivity contribution in [1.82, 2.24) is 29.6 Å². The molecule has 0 N–H and O–H groups in total. The second-order valence-electron chi connectivity index (χ2n) is 6.71. The fraction of sp³-hybridized carbons (Fsp3) is 0.143. The Morgan fingerprint density at radius 1 is 0.929 bits per heavy atom. The van der Waals surface area contributed by atoms with E-state index in [4.69, 9.17) is 5.10 Å². The summed E-state index contributed by atoms with van der Waals surface area (Å²) >= 11 is 1.53. The zero-order valence-corrected chi connectivity index (χ0v) is 16.4. The summed E-state index contributed by atoms with van der Waals surface area (Å²) in [5.74, 6) is 0.847. The van der Waals surface area contributed by atoms with Crippen molar-refractivity contribution in [2.75, 3.05) is 0 Å². The molecule has 28 heavy (non-hydrogen) atoms. The van der Waals surface area contributed by atoms with Gasteiger partial charge in [0.25, 0.3) is 0 Å². The lowest BCUT2D eigenvalue weighted by atomic mass is 10.1. The Labute approximate surface area is 166 Å². The number of aromatic nitrogens is 6. The number of benzene rings is 2. The zero-order chi connectivity index (χ0) is 19.1. The highest BCUT2D eigenvalue weighted by atomic mass is 32.1. The Kier molecular flexibility index (Phi) is 4.02. The minimum atomic E-state index is 0.708. The van der Waals surface area contributed by atoms with Crippen molar-refractivity contribution in [3.05, 3.63) is 83.4 Å². The highest BCUT2D eigenvalue weighted by Gasteiger charge is 2.18.